The van der Waals surface area contributed by atoms with Crippen molar-refractivity contribution >= 4 is 38.4 Å². The molecule has 3 aromatic rings. The van der Waals surface area contributed by atoms with Crippen LogP contribution >= 0.6 is 11.3 Å². The second-order valence-corrected chi connectivity index (χ2v) is 12.6. The highest BCUT2D eigenvalue weighted by atomic mass is 32.1. The van der Waals surface area contributed by atoms with Gasteiger partial charge in [-0.15, -0.1) is 11.3 Å². The number of pyridine rings is 1. The summed E-state index contributed by atoms with van der Waals surface area (Å²) in [7, 11) is 1.79. The number of piperidine rings is 2. The highest BCUT2D eigenvalue weighted by molar-refractivity contribution is 7.20. The molecule has 0 spiro atoms. The minimum absolute atomic E-state index is 0.590. The summed E-state index contributed by atoms with van der Waals surface area (Å²) in [5.74, 6) is 3.08. The first-order valence-electron chi connectivity index (χ1n) is 14.5. The summed E-state index contributed by atoms with van der Waals surface area (Å²) in [6.07, 6.45) is 8.25. The average Bonchev–Trinajstić information content (AvgIpc) is 3.48. The summed E-state index contributed by atoms with van der Waals surface area (Å²) in [6.45, 7) is 14.5. The van der Waals surface area contributed by atoms with Crippen molar-refractivity contribution in [1.29, 1.82) is 0 Å². The number of thiophene rings is 1. The fraction of sp³-hybridized carbons (Fsp3) is 0.724. The molecule has 0 amide bonds. The zero-order valence-electron chi connectivity index (χ0n) is 23.3. The van der Waals surface area contributed by atoms with E-state index in [0.717, 1.165) is 56.7 Å². The maximum Gasteiger partial charge on any atom is 0.152 e. The first-order chi connectivity index (χ1) is 18.0. The van der Waals surface area contributed by atoms with Crippen LogP contribution in [-0.2, 0) is 17.7 Å². The van der Waals surface area contributed by atoms with E-state index in [-0.39, 0.29) is 0 Å². The van der Waals surface area contributed by atoms with Gasteiger partial charge in [0.05, 0.1) is 22.3 Å². The van der Waals surface area contributed by atoms with Crippen molar-refractivity contribution < 1.29 is 4.74 Å². The molecule has 2 aliphatic heterocycles. The molecular formula is C29H46N6OS. The number of imidazole rings is 1. The second-order valence-electron chi connectivity index (χ2n) is 11.5. The summed E-state index contributed by atoms with van der Waals surface area (Å²) in [4.78, 5) is 16.6. The number of methoxy groups -OCH3 is 1. The Labute approximate surface area is 226 Å². The van der Waals surface area contributed by atoms with Crippen LogP contribution in [0.1, 0.15) is 75.9 Å². The predicted molar refractivity (Wildman–Crippen MR) is 156 cm³/mol. The van der Waals surface area contributed by atoms with E-state index in [1.807, 2.05) is 11.3 Å². The number of unbranched alkanes of at least 4 members (excludes halogenated alkanes) is 1. The van der Waals surface area contributed by atoms with Crippen molar-refractivity contribution in [2.75, 3.05) is 52.2 Å². The molecule has 2 aliphatic rings. The minimum atomic E-state index is 0.590. The Balaban J connectivity index is 1.45. The van der Waals surface area contributed by atoms with Crippen molar-refractivity contribution in [2.45, 2.75) is 84.2 Å². The molecule has 2 fully saturated rings. The molecule has 0 bridgehead atoms. The van der Waals surface area contributed by atoms with E-state index < -0.39 is 0 Å². The Kier molecular flexibility index (Phi) is 8.69. The van der Waals surface area contributed by atoms with Crippen LogP contribution in [0.5, 0.6) is 0 Å². The molecule has 5 rings (SSSR count). The Hall–Kier alpha value is -1.74. The van der Waals surface area contributed by atoms with Gasteiger partial charge in [0, 0.05) is 37.5 Å². The van der Waals surface area contributed by atoms with Gasteiger partial charge >= 0.3 is 0 Å². The van der Waals surface area contributed by atoms with Crippen LogP contribution in [0.2, 0.25) is 0 Å². The Morgan fingerprint density at radius 1 is 1.11 bits per heavy atom. The Morgan fingerprint density at radius 2 is 1.86 bits per heavy atom. The lowest BCUT2D eigenvalue weighted by atomic mass is 9.95. The molecule has 8 heteroatoms. The first kappa shape index (κ1) is 26.9. The van der Waals surface area contributed by atoms with Gasteiger partial charge in [0.15, 0.2) is 5.82 Å². The number of hydrogen-bond donors (Lipinski definition) is 1. The van der Waals surface area contributed by atoms with Crippen molar-refractivity contribution in [3.8, 4) is 0 Å². The van der Waals surface area contributed by atoms with Gasteiger partial charge in [-0.05, 0) is 90.0 Å². The fourth-order valence-electron chi connectivity index (χ4n) is 6.24. The Morgan fingerprint density at radius 3 is 2.54 bits per heavy atom. The smallest absolute Gasteiger partial charge is 0.152 e. The van der Waals surface area contributed by atoms with E-state index >= 15 is 0 Å². The third-order valence-electron chi connectivity index (χ3n) is 8.65. The molecule has 37 heavy (non-hydrogen) atoms. The lowest BCUT2D eigenvalue weighted by Gasteiger charge is -2.35. The van der Waals surface area contributed by atoms with Gasteiger partial charge in [0.25, 0.3) is 0 Å². The topological polar surface area (TPSA) is 72.4 Å². The molecule has 0 aliphatic carbocycles. The fourth-order valence-corrected chi connectivity index (χ4v) is 7.56. The minimum Gasteiger partial charge on any atom is -0.383 e. The normalized spacial score (nSPS) is 19.2. The van der Waals surface area contributed by atoms with E-state index in [1.54, 1.807) is 7.11 Å². The molecule has 0 unspecified atom stereocenters. The van der Waals surface area contributed by atoms with Gasteiger partial charge in [-0.25, -0.2) is 9.97 Å². The van der Waals surface area contributed by atoms with Crippen molar-refractivity contribution in [2.24, 2.45) is 5.92 Å². The molecule has 0 aromatic carbocycles. The van der Waals surface area contributed by atoms with Gasteiger partial charge in [0.1, 0.15) is 11.3 Å². The number of nitrogens with zero attached hydrogens (tertiary/aromatic N) is 5. The molecule has 7 nitrogen and oxygen atoms in total. The van der Waals surface area contributed by atoms with E-state index in [9.17, 15) is 0 Å². The number of ether oxygens (including phenoxy) is 1. The lowest BCUT2D eigenvalue weighted by molar-refractivity contribution is 0.130. The number of likely N-dealkylation sites (tertiary alicyclic amines) is 2. The van der Waals surface area contributed by atoms with E-state index in [2.05, 4.69) is 41.2 Å². The molecule has 2 saturated heterocycles. The molecule has 5 heterocycles. The third-order valence-corrected chi connectivity index (χ3v) is 9.95. The first-order valence-corrected chi connectivity index (χ1v) is 15.3. The SMILES string of the molecule is CCCCc1nc2c(N)nc3cc(C4CCN(CCOC)CC4)sc3c2n1CC1CCN(C(C)C)CC1. The summed E-state index contributed by atoms with van der Waals surface area (Å²) in [6, 6.07) is 2.96. The second kappa shape index (κ2) is 12.0. The molecule has 204 valence electrons. The van der Waals surface area contributed by atoms with Crippen LogP contribution in [0.3, 0.4) is 0 Å². The predicted octanol–water partition coefficient (Wildman–Crippen LogP) is 5.52. The summed E-state index contributed by atoms with van der Waals surface area (Å²) >= 11 is 1.95. The molecular weight excluding hydrogens is 480 g/mol. The zero-order valence-corrected chi connectivity index (χ0v) is 24.2. The van der Waals surface area contributed by atoms with Gasteiger partial charge in [0.2, 0.25) is 0 Å². The maximum atomic E-state index is 6.56. The van der Waals surface area contributed by atoms with Crippen LogP contribution in [-0.4, -0.2) is 76.8 Å². The van der Waals surface area contributed by atoms with Crippen molar-refractivity contribution in [3.63, 3.8) is 0 Å². The van der Waals surface area contributed by atoms with Crippen LogP contribution in [0.15, 0.2) is 6.07 Å². The number of fused-ring (bicyclic) bond motifs is 3. The molecule has 2 N–H and O–H groups in total. The molecule has 0 radical (unpaired) electrons. The largest absolute Gasteiger partial charge is 0.383 e. The zero-order chi connectivity index (χ0) is 25.9. The molecule has 0 saturated carbocycles. The lowest BCUT2D eigenvalue weighted by Crippen LogP contribution is -2.39. The van der Waals surface area contributed by atoms with Gasteiger partial charge in [-0.1, -0.05) is 13.3 Å². The van der Waals surface area contributed by atoms with Crippen LogP contribution in [0.4, 0.5) is 5.82 Å². The third kappa shape index (κ3) is 5.82. The standard InChI is InChI=1S/C29H46N6OS/c1-5-6-7-25-32-26-27(35(25)19-21-8-14-34(15-9-21)20(2)3)28-23(31-29(26)30)18-24(37-28)22-10-12-33(13-11-22)16-17-36-4/h18,20-22H,5-17,19H2,1-4H3,(H2,30,31). The van der Waals surface area contributed by atoms with E-state index in [0.29, 0.717) is 23.7 Å². The van der Waals surface area contributed by atoms with Gasteiger partial charge in [-0.2, -0.15) is 0 Å². The van der Waals surface area contributed by atoms with Crippen molar-refractivity contribution in [3.05, 3.63) is 16.8 Å². The number of rotatable bonds is 10. The number of nitrogen functional groups attached to an aromatic ring is 1. The number of aryl methyl sites for hydroxylation is 1. The summed E-state index contributed by atoms with van der Waals surface area (Å²) in [5.41, 5.74) is 9.78. The number of anilines is 1. The molecule has 0 atom stereocenters. The monoisotopic (exact) mass is 526 g/mol. The number of hydrogen-bond acceptors (Lipinski definition) is 7. The van der Waals surface area contributed by atoms with Crippen LogP contribution < -0.4 is 5.73 Å². The Bertz CT molecular complexity index is 1170. The van der Waals surface area contributed by atoms with Gasteiger partial charge in [-0.3, -0.25) is 0 Å². The van der Waals surface area contributed by atoms with E-state index in [1.165, 1.54) is 66.1 Å². The van der Waals surface area contributed by atoms with Crippen LogP contribution in [0, 0.1) is 5.92 Å². The van der Waals surface area contributed by atoms with E-state index in [4.69, 9.17) is 20.4 Å². The number of nitrogens with two attached hydrogens (primary N) is 1. The van der Waals surface area contributed by atoms with Crippen LogP contribution in [0.25, 0.3) is 21.3 Å². The summed E-state index contributed by atoms with van der Waals surface area (Å²) < 4.78 is 9.12. The summed E-state index contributed by atoms with van der Waals surface area (Å²) in [5, 5.41) is 0. The molecule has 3 aromatic heterocycles. The number of aromatic nitrogens is 3. The maximum absolute atomic E-state index is 6.56. The van der Waals surface area contributed by atoms with Gasteiger partial charge < -0.3 is 24.8 Å². The quantitative estimate of drug-likeness (QED) is 0.375. The average molecular weight is 527 g/mol. The van der Waals surface area contributed by atoms with Crippen molar-refractivity contribution in [1.82, 2.24) is 24.3 Å². The highest BCUT2D eigenvalue weighted by Gasteiger charge is 2.27. The highest BCUT2D eigenvalue weighted by Crippen LogP contribution is 2.40.